The van der Waals surface area contributed by atoms with Crippen LogP contribution in [0.5, 0.6) is 5.75 Å². The van der Waals surface area contributed by atoms with Crippen molar-refractivity contribution in [2.75, 3.05) is 13.2 Å². The fraction of sp³-hybridized carbons (Fsp3) is 0.400. The number of hydrogen-bond donors (Lipinski definition) is 0. The number of carbonyl (C=O) groups is 1. The van der Waals surface area contributed by atoms with E-state index in [1.165, 1.54) is 12.1 Å². The largest absolute Gasteiger partial charge is 0.494 e. The Morgan fingerprint density at radius 1 is 1.45 bits per heavy atom. The maximum absolute atomic E-state index is 14.2. The first-order valence-corrected chi connectivity index (χ1v) is 7.72. The number of halogens is 4. The first kappa shape index (κ1) is 16.9. The lowest BCUT2D eigenvalue weighted by atomic mass is 10.0. The molecule has 0 N–H and O–H groups in total. The van der Waals surface area contributed by atoms with E-state index in [4.69, 9.17) is 4.74 Å². The molecule has 1 amide bonds. The van der Waals surface area contributed by atoms with Crippen molar-refractivity contribution < 1.29 is 22.7 Å². The summed E-state index contributed by atoms with van der Waals surface area (Å²) in [6, 6.07) is 4.17. The predicted molar refractivity (Wildman–Crippen MR) is 80.6 cm³/mol. The lowest BCUT2D eigenvalue weighted by Gasteiger charge is -2.31. The fourth-order valence-corrected chi connectivity index (χ4v) is 2.69. The zero-order valence-corrected chi connectivity index (χ0v) is 13.4. The first-order chi connectivity index (χ1) is 10.4. The van der Waals surface area contributed by atoms with Crippen molar-refractivity contribution in [3.05, 3.63) is 35.7 Å². The SMILES string of the molecule is CCOc1ccc(C2=CCC(Br)C(=O)N2CC(F)F)c(F)c1. The molecule has 0 fully saturated rings. The smallest absolute Gasteiger partial charge is 0.256 e. The molecule has 0 saturated heterocycles. The zero-order valence-electron chi connectivity index (χ0n) is 11.9. The number of carbonyl (C=O) groups excluding carboxylic acids is 1. The van der Waals surface area contributed by atoms with Gasteiger partial charge in [-0.15, -0.1) is 0 Å². The molecule has 0 radical (unpaired) electrons. The van der Waals surface area contributed by atoms with Gasteiger partial charge in [-0.05, 0) is 25.5 Å². The molecule has 2 rings (SSSR count). The number of rotatable bonds is 5. The lowest BCUT2D eigenvalue weighted by Crippen LogP contribution is -2.41. The summed E-state index contributed by atoms with van der Waals surface area (Å²) < 4.78 is 44.9. The van der Waals surface area contributed by atoms with Crippen LogP contribution in [-0.2, 0) is 4.79 Å². The van der Waals surface area contributed by atoms with Crippen LogP contribution >= 0.6 is 15.9 Å². The molecule has 0 spiro atoms. The first-order valence-electron chi connectivity index (χ1n) is 6.80. The summed E-state index contributed by atoms with van der Waals surface area (Å²) in [5, 5.41) is 0. The highest BCUT2D eigenvalue weighted by atomic mass is 79.9. The molecule has 1 heterocycles. The second-order valence-corrected chi connectivity index (χ2v) is 5.81. The average Bonchev–Trinajstić information content (AvgIpc) is 2.45. The normalized spacial score (nSPS) is 18.6. The number of ether oxygens (including phenoxy) is 1. The van der Waals surface area contributed by atoms with Crippen LogP contribution < -0.4 is 4.74 Å². The Hall–Kier alpha value is -1.50. The van der Waals surface area contributed by atoms with Crippen LogP contribution in [0, 0.1) is 5.82 Å². The second kappa shape index (κ2) is 7.17. The highest BCUT2D eigenvalue weighted by Gasteiger charge is 2.32. The minimum Gasteiger partial charge on any atom is -0.494 e. The summed E-state index contributed by atoms with van der Waals surface area (Å²) >= 11 is 3.14. The van der Waals surface area contributed by atoms with E-state index >= 15 is 0 Å². The lowest BCUT2D eigenvalue weighted by molar-refractivity contribution is -0.129. The molecule has 1 aliphatic heterocycles. The number of benzene rings is 1. The van der Waals surface area contributed by atoms with E-state index < -0.39 is 29.5 Å². The molecule has 0 aromatic heterocycles. The van der Waals surface area contributed by atoms with E-state index in [0.29, 0.717) is 18.8 Å². The summed E-state index contributed by atoms with van der Waals surface area (Å²) in [5.41, 5.74) is 0.276. The molecule has 1 aromatic carbocycles. The third kappa shape index (κ3) is 3.63. The monoisotopic (exact) mass is 377 g/mol. The summed E-state index contributed by atoms with van der Waals surface area (Å²) in [6.45, 7) is 1.40. The van der Waals surface area contributed by atoms with E-state index in [-0.39, 0.29) is 11.3 Å². The highest BCUT2D eigenvalue weighted by molar-refractivity contribution is 9.10. The highest BCUT2D eigenvalue weighted by Crippen LogP contribution is 2.32. The van der Waals surface area contributed by atoms with Crippen molar-refractivity contribution in [3.8, 4) is 5.75 Å². The van der Waals surface area contributed by atoms with Crippen molar-refractivity contribution in [1.29, 1.82) is 0 Å². The number of alkyl halides is 3. The standard InChI is InChI=1S/C15H15BrF3NO2/c1-2-22-9-3-4-10(12(17)7-9)13-6-5-11(16)15(21)20(13)8-14(18)19/h3-4,6-7,11,14H,2,5,8H2,1H3. The van der Waals surface area contributed by atoms with Crippen molar-refractivity contribution in [2.24, 2.45) is 0 Å². The van der Waals surface area contributed by atoms with Gasteiger partial charge in [0, 0.05) is 11.6 Å². The molecule has 120 valence electrons. The summed E-state index contributed by atoms with van der Waals surface area (Å²) in [7, 11) is 0. The third-order valence-corrected chi connectivity index (χ3v) is 3.96. The van der Waals surface area contributed by atoms with Crippen LogP contribution in [0.2, 0.25) is 0 Å². The van der Waals surface area contributed by atoms with E-state index in [9.17, 15) is 18.0 Å². The molecule has 1 aliphatic rings. The Balaban J connectivity index is 2.37. The Bertz CT molecular complexity index is 592. The van der Waals surface area contributed by atoms with Gasteiger partial charge in [0.1, 0.15) is 11.6 Å². The van der Waals surface area contributed by atoms with E-state index in [2.05, 4.69) is 15.9 Å². The zero-order chi connectivity index (χ0) is 16.3. The molecule has 1 atom stereocenters. The molecule has 0 saturated carbocycles. The second-order valence-electron chi connectivity index (χ2n) is 4.71. The van der Waals surface area contributed by atoms with Crippen molar-refractivity contribution in [3.63, 3.8) is 0 Å². The van der Waals surface area contributed by atoms with Gasteiger partial charge in [0.25, 0.3) is 6.43 Å². The van der Waals surface area contributed by atoms with Crippen molar-refractivity contribution >= 4 is 27.5 Å². The van der Waals surface area contributed by atoms with Gasteiger partial charge >= 0.3 is 0 Å². The van der Waals surface area contributed by atoms with Crippen molar-refractivity contribution in [2.45, 2.75) is 24.6 Å². The molecule has 1 aromatic rings. The quantitative estimate of drug-likeness (QED) is 0.729. The number of nitrogens with zero attached hydrogens (tertiary/aromatic N) is 1. The summed E-state index contributed by atoms with van der Waals surface area (Å²) in [4.78, 5) is 12.4. The molecule has 7 heteroatoms. The van der Waals surface area contributed by atoms with Gasteiger partial charge in [0.2, 0.25) is 5.91 Å². The Labute approximate surface area is 134 Å². The molecule has 1 unspecified atom stereocenters. The van der Waals surface area contributed by atoms with Crippen LogP contribution in [0.4, 0.5) is 13.2 Å². The van der Waals surface area contributed by atoms with E-state index in [1.807, 2.05) is 0 Å². The number of hydrogen-bond acceptors (Lipinski definition) is 2. The maximum atomic E-state index is 14.2. The topological polar surface area (TPSA) is 29.5 Å². The van der Waals surface area contributed by atoms with Crippen molar-refractivity contribution in [1.82, 2.24) is 4.90 Å². The molecule has 0 bridgehead atoms. The third-order valence-electron chi connectivity index (χ3n) is 3.19. The van der Waals surface area contributed by atoms with Gasteiger partial charge in [-0.3, -0.25) is 4.79 Å². The number of amides is 1. The van der Waals surface area contributed by atoms with Crippen LogP contribution in [0.15, 0.2) is 24.3 Å². The molecular weight excluding hydrogens is 363 g/mol. The molecule has 0 aliphatic carbocycles. The summed E-state index contributed by atoms with van der Waals surface area (Å²) in [5.74, 6) is -0.756. The van der Waals surface area contributed by atoms with Crippen LogP contribution in [0.1, 0.15) is 18.9 Å². The van der Waals surface area contributed by atoms with Gasteiger partial charge in [0.05, 0.1) is 23.7 Å². The van der Waals surface area contributed by atoms with Gasteiger partial charge < -0.3 is 9.64 Å². The summed E-state index contributed by atoms with van der Waals surface area (Å²) in [6.07, 6.45) is -0.793. The van der Waals surface area contributed by atoms with Crippen LogP contribution in [0.3, 0.4) is 0 Å². The molecular formula is C15H15BrF3NO2. The minimum atomic E-state index is -2.70. The molecule has 22 heavy (non-hydrogen) atoms. The Kier molecular flexibility index (Phi) is 5.50. The van der Waals surface area contributed by atoms with E-state index in [0.717, 1.165) is 4.90 Å². The van der Waals surface area contributed by atoms with E-state index in [1.54, 1.807) is 19.1 Å². The van der Waals surface area contributed by atoms with Gasteiger partial charge in [-0.2, -0.15) is 0 Å². The predicted octanol–water partition coefficient (Wildman–Crippen LogP) is 3.83. The number of allylic oxidation sites excluding steroid dienone is 1. The Morgan fingerprint density at radius 3 is 2.77 bits per heavy atom. The fourth-order valence-electron chi connectivity index (χ4n) is 2.26. The van der Waals surface area contributed by atoms with Crippen LogP contribution in [0.25, 0.3) is 5.70 Å². The average molecular weight is 378 g/mol. The van der Waals surface area contributed by atoms with Gasteiger partial charge in [0.15, 0.2) is 0 Å². The van der Waals surface area contributed by atoms with Gasteiger partial charge in [-0.25, -0.2) is 13.2 Å². The maximum Gasteiger partial charge on any atom is 0.256 e. The van der Waals surface area contributed by atoms with Gasteiger partial charge in [-0.1, -0.05) is 22.0 Å². The Morgan fingerprint density at radius 2 is 2.18 bits per heavy atom. The minimum absolute atomic E-state index is 0.108. The van der Waals surface area contributed by atoms with Crippen LogP contribution in [-0.4, -0.2) is 35.2 Å². The molecule has 3 nitrogen and oxygen atoms in total.